The predicted molar refractivity (Wildman–Crippen MR) is 131 cm³/mol. The molecule has 0 aliphatic carbocycles. The fraction of sp³-hybridized carbons (Fsp3) is 0.185. The molecule has 3 aromatic rings. The van der Waals surface area contributed by atoms with Crippen molar-refractivity contribution >= 4 is 23.6 Å². The van der Waals surface area contributed by atoms with Crippen LogP contribution in [0.25, 0.3) is 0 Å². The molecule has 1 fully saturated rings. The zero-order valence-corrected chi connectivity index (χ0v) is 19.5. The number of thioether (sulfide) groups is 1. The Morgan fingerprint density at radius 1 is 1.03 bits per heavy atom. The van der Waals surface area contributed by atoms with Gasteiger partial charge in [0.1, 0.15) is 35.3 Å². The number of nitrogens with two attached hydrogens (primary N) is 1. The maximum atomic E-state index is 13.6. The van der Waals surface area contributed by atoms with Gasteiger partial charge in [-0.3, -0.25) is 9.69 Å². The minimum atomic E-state index is -0.674. The average molecular weight is 491 g/mol. The molecule has 5 rings (SSSR count). The second-order valence-corrected chi connectivity index (χ2v) is 9.35. The molecule has 2 N–H and O–H groups in total. The lowest BCUT2D eigenvalue weighted by Crippen LogP contribution is -2.68. The second kappa shape index (κ2) is 9.93. The second-order valence-electron chi connectivity index (χ2n) is 8.24. The number of halogens is 1. The van der Waals surface area contributed by atoms with Crippen molar-refractivity contribution in [3.05, 3.63) is 113 Å². The van der Waals surface area contributed by atoms with Gasteiger partial charge in [0.15, 0.2) is 6.10 Å². The van der Waals surface area contributed by atoms with E-state index in [-0.39, 0.29) is 23.6 Å². The Hall–Kier alpha value is -3.62. The van der Waals surface area contributed by atoms with Gasteiger partial charge in [0.2, 0.25) is 5.91 Å². The Labute approximate surface area is 206 Å². The number of benzene rings is 3. The Bertz CT molecular complexity index is 1230. The van der Waals surface area contributed by atoms with E-state index in [0.717, 1.165) is 11.1 Å². The molecule has 2 heterocycles. The van der Waals surface area contributed by atoms with Gasteiger partial charge in [0.05, 0.1) is 0 Å². The standard InChI is InChI=1S/C27H23FN2O4S/c28-20-12-7-13-21(14-20)33-15-19-16-35-26-22(29)25(31)30(26)23(19)27(32)34-24(17-8-3-1-4-9-17)18-10-5-2-6-11-18/h1-14,22,24,26H,15-16,29H2/t22?,26-/m1/s1. The molecule has 2 aliphatic heterocycles. The summed E-state index contributed by atoms with van der Waals surface area (Å²) in [4.78, 5) is 27.7. The molecule has 0 spiro atoms. The van der Waals surface area contributed by atoms with Gasteiger partial charge in [-0.1, -0.05) is 66.7 Å². The summed E-state index contributed by atoms with van der Waals surface area (Å²) >= 11 is 1.46. The number of ether oxygens (including phenoxy) is 2. The fourth-order valence-corrected chi connectivity index (χ4v) is 5.43. The number of nitrogens with zero attached hydrogens (tertiary/aromatic N) is 1. The number of β-lactam (4-membered cyclic amide) rings is 1. The lowest BCUT2D eigenvalue weighted by Gasteiger charge is -2.48. The normalized spacial score (nSPS) is 19.3. The number of carbonyl (C=O) groups excluding carboxylic acids is 2. The van der Waals surface area contributed by atoms with Crippen molar-refractivity contribution in [2.75, 3.05) is 12.4 Å². The van der Waals surface area contributed by atoms with E-state index >= 15 is 0 Å². The SMILES string of the molecule is NC1C(=O)N2C(C(=O)OC(c3ccccc3)c3ccccc3)=C(COc3cccc(F)c3)CS[C@H]12. The number of carbonyl (C=O) groups is 2. The van der Waals surface area contributed by atoms with Gasteiger partial charge in [-0.15, -0.1) is 11.8 Å². The van der Waals surface area contributed by atoms with Crippen molar-refractivity contribution in [2.24, 2.45) is 5.73 Å². The Morgan fingerprint density at radius 2 is 1.69 bits per heavy atom. The summed E-state index contributed by atoms with van der Waals surface area (Å²) in [6, 6.07) is 23.9. The van der Waals surface area contributed by atoms with Crippen LogP contribution in [0.2, 0.25) is 0 Å². The van der Waals surface area contributed by atoms with Crippen LogP contribution in [0.1, 0.15) is 17.2 Å². The van der Waals surface area contributed by atoms with E-state index in [1.54, 1.807) is 12.1 Å². The number of esters is 1. The predicted octanol–water partition coefficient (Wildman–Crippen LogP) is 4.03. The molecule has 3 aromatic carbocycles. The Morgan fingerprint density at radius 3 is 2.31 bits per heavy atom. The van der Waals surface area contributed by atoms with E-state index in [1.807, 2.05) is 60.7 Å². The van der Waals surface area contributed by atoms with Gasteiger partial charge in [-0.05, 0) is 23.3 Å². The first kappa shape index (κ1) is 23.1. The van der Waals surface area contributed by atoms with E-state index in [0.29, 0.717) is 17.1 Å². The van der Waals surface area contributed by atoms with Crippen molar-refractivity contribution in [1.29, 1.82) is 0 Å². The average Bonchev–Trinajstić information content (AvgIpc) is 2.90. The number of hydrogen-bond acceptors (Lipinski definition) is 6. The molecule has 35 heavy (non-hydrogen) atoms. The molecule has 8 heteroatoms. The molecule has 0 saturated carbocycles. The van der Waals surface area contributed by atoms with Gasteiger partial charge in [-0.25, -0.2) is 9.18 Å². The summed E-state index contributed by atoms with van der Waals surface area (Å²) in [7, 11) is 0. The number of amides is 1. The van der Waals surface area contributed by atoms with Gasteiger partial charge in [-0.2, -0.15) is 0 Å². The summed E-state index contributed by atoms with van der Waals surface area (Å²) in [5.74, 6) is -0.634. The molecule has 0 bridgehead atoms. The van der Waals surface area contributed by atoms with Crippen molar-refractivity contribution in [3.63, 3.8) is 0 Å². The maximum Gasteiger partial charge on any atom is 0.356 e. The van der Waals surface area contributed by atoms with Crippen LogP contribution in [0.15, 0.2) is 96.2 Å². The summed E-state index contributed by atoms with van der Waals surface area (Å²) in [5.41, 5.74) is 8.33. The number of rotatable bonds is 7. The zero-order valence-electron chi connectivity index (χ0n) is 18.7. The first-order valence-corrected chi connectivity index (χ1v) is 12.2. The van der Waals surface area contributed by atoms with Crippen molar-refractivity contribution < 1.29 is 23.5 Å². The van der Waals surface area contributed by atoms with Crippen LogP contribution in [-0.4, -0.2) is 40.6 Å². The van der Waals surface area contributed by atoms with Crippen molar-refractivity contribution in [1.82, 2.24) is 4.90 Å². The van der Waals surface area contributed by atoms with Gasteiger partial charge >= 0.3 is 5.97 Å². The van der Waals surface area contributed by atoms with Crippen molar-refractivity contribution in [3.8, 4) is 5.75 Å². The molecule has 1 saturated heterocycles. The minimum absolute atomic E-state index is 0.00790. The van der Waals surface area contributed by atoms with Gasteiger partial charge < -0.3 is 15.2 Å². The highest BCUT2D eigenvalue weighted by Crippen LogP contribution is 2.41. The zero-order chi connectivity index (χ0) is 24.4. The molecular weight excluding hydrogens is 467 g/mol. The molecule has 0 radical (unpaired) electrons. The topological polar surface area (TPSA) is 81.9 Å². The minimum Gasteiger partial charge on any atom is -0.489 e. The maximum absolute atomic E-state index is 13.6. The summed E-state index contributed by atoms with van der Waals surface area (Å²) in [6.45, 7) is 0.00790. The molecule has 2 aliphatic rings. The highest BCUT2D eigenvalue weighted by molar-refractivity contribution is 8.00. The van der Waals surface area contributed by atoms with E-state index in [2.05, 4.69) is 0 Å². The largest absolute Gasteiger partial charge is 0.489 e. The molecule has 0 aromatic heterocycles. The smallest absolute Gasteiger partial charge is 0.356 e. The van der Waals surface area contributed by atoms with Crippen LogP contribution in [0.5, 0.6) is 5.75 Å². The third kappa shape index (κ3) is 4.67. The third-order valence-electron chi connectivity index (χ3n) is 5.92. The Kier molecular flexibility index (Phi) is 6.57. The van der Waals surface area contributed by atoms with Crippen LogP contribution in [0, 0.1) is 5.82 Å². The van der Waals surface area contributed by atoms with Crippen LogP contribution >= 0.6 is 11.8 Å². The third-order valence-corrected chi connectivity index (χ3v) is 7.28. The summed E-state index contributed by atoms with van der Waals surface area (Å²) in [5, 5.41) is -0.338. The van der Waals surface area contributed by atoms with Gasteiger partial charge in [0.25, 0.3) is 0 Å². The van der Waals surface area contributed by atoms with Crippen LogP contribution in [-0.2, 0) is 14.3 Å². The van der Waals surface area contributed by atoms with Crippen molar-refractivity contribution in [2.45, 2.75) is 17.5 Å². The Balaban J connectivity index is 1.47. The molecule has 1 amide bonds. The molecule has 1 unspecified atom stereocenters. The number of hydrogen-bond donors (Lipinski definition) is 1. The molecule has 6 nitrogen and oxygen atoms in total. The lowest BCUT2D eigenvalue weighted by atomic mass is 10.0. The summed E-state index contributed by atoms with van der Waals surface area (Å²) < 4.78 is 25.4. The molecular formula is C27H23FN2O4S. The summed E-state index contributed by atoms with van der Waals surface area (Å²) in [6.07, 6.45) is -0.666. The van der Waals surface area contributed by atoms with Crippen LogP contribution in [0.4, 0.5) is 4.39 Å². The first-order chi connectivity index (χ1) is 17.0. The van der Waals surface area contributed by atoms with E-state index in [4.69, 9.17) is 15.2 Å². The first-order valence-electron chi connectivity index (χ1n) is 11.1. The van der Waals surface area contributed by atoms with E-state index < -0.39 is 23.9 Å². The van der Waals surface area contributed by atoms with E-state index in [9.17, 15) is 14.0 Å². The highest BCUT2D eigenvalue weighted by atomic mass is 32.2. The van der Waals surface area contributed by atoms with Crippen LogP contribution in [0.3, 0.4) is 0 Å². The highest BCUT2D eigenvalue weighted by Gasteiger charge is 2.52. The van der Waals surface area contributed by atoms with E-state index in [1.165, 1.54) is 28.8 Å². The quantitative estimate of drug-likeness (QED) is 0.398. The number of fused-ring (bicyclic) bond motifs is 1. The monoisotopic (exact) mass is 490 g/mol. The fourth-order valence-electron chi connectivity index (χ4n) is 4.15. The van der Waals surface area contributed by atoms with Gasteiger partial charge in [0, 0.05) is 17.4 Å². The molecule has 2 atom stereocenters. The van der Waals surface area contributed by atoms with Crippen LogP contribution < -0.4 is 10.5 Å². The lowest BCUT2D eigenvalue weighted by molar-refractivity contribution is -0.153. The molecule has 178 valence electrons.